The topological polar surface area (TPSA) is 72.5 Å². The molecule has 0 spiro atoms. The number of aromatic nitrogens is 1. The molecule has 136 valence electrons. The highest BCUT2D eigenvalue weighted by Gasteiger charge is 2.16. The average molecular weight is 384 g/mol. The van der Waals surface area contributed by atoms with Crippen LogP contribution in [-0.2, 0) is 11.4 Å². The van der Waals surface area contributed by atoms with Crippen LogP contribution < -0.4 is 15.5 Å². The Labute approximate surface area is 156 Å². The van der Waals surface area contributed by atoms with Gasteiger partial charge in [0.15, 0.2) is 10.9 Å². The van der Waals surface area contributed by atoms with Crippen molar-refractivity contribution < 1.29 is 14.4 Å². The number of hydrogen-bond acceptors (Lipinski definition) is 7. The van der Waals surface area contributed by atoms with Crippen LogP contribution in [0.4, 0.5) is 10.8 Å². The Balaban J connectivity index is 2.11. The molecule has 0 bridgehead atoms. The van der Waals surface area contributed by atoms with Crippen molar-refractivity contribution in [1.29, 1.82) is 0 Å². The molecule has 6 nitrogen and oxygen atoms in total. The molecule has 2 N–H and O–H groups in total. The number of anilines is 2. The molecular formula is C17H22ClN3O3S. The predicted molar refractivity (Wildman–Crippen MR) is 102 cm³/mol. The first-order valence-corrected chi connectivity index (χ1v) is 9.01. The van der Waals surface area contributed by atoms with Gasteiger partial charge in [0.05, 0.1) is 18.5 Å². The summed E-state index contributed by atoms with van der Waals surface area (Å²) in [4.78, 5) is 22.9. The molecular weight excluding hydrogens is 362 g/mol. The van der Waals surface area contributed by atoms with Gasteiger partial charge < -0.3 is 10.1 Å². The largest absolute Gasteiger partial charge is 0.495 e. The van der Waals surface area contributed by atoms with Gasteiger partial charge in [-0.2, -0.15) is 0 Å². The van der Waals surface area contributed by atoms with Crippen molar-refractivity contribution >= 4 is 39.5 Å². The Morgan fingerprint density at radius 1 is 1.40 bits per heavy atom. The fourth-order valence-corrected chi connectivity index (χ4v) is 3.40. The van der Waals surface area contributed by atoms with E-state index in [4.69, 9.17) is 21.2 Å². The van der Waals surface area contributed by atoms with Crippen LogP contribution in [0.5, 0.6) is 5.75 Å². The summed E-state index contributed by atoms with van der Waals surface area (Å²) in [5.74, 6) is 0.343. The van der Waals surface area contributed by atoms with Gasteiger partial charge >= 0.3 is 0 Å². The summed E-state index contributed by atoms with van der Waals surface area (Å²) >= 11 is 7.87. The van der Waals surface area contributed by atoms with Crippen molar-refractivity contribution in [3.05, 3.63) is 33.3 Å². The molecule has 25 heavy (non-hydrogen) atoms. The van der Waals surface area contributed by atoms with Crippen LogP contribution in [0, 0.1) is 6.92 Å². The molecule has 0 aliphatic rings. The van der Waals surface area contributed by atoms with Gasteiger partial charge in [0, 0.05) is 16.5 Å². The minimum atomic E-state index is -0.121. The number of aryl methyl sites for hydroxylation is 1. The van der Waals surface area contributed by atoms with Gasteiger partial charge in [0.25, 0.3) is 0 Å². The van der Waals surface area contributed by atoms with Crippen molar-refractivity contribution in [2.45, 2.75) is 40.3 Å². The van der Waals surface area contributed by atoms with Crippen LogP contribution in [-0.4, -0.2) is 23.9 Å². The first-order chi connectivity index (χ1) is 11.8. The molecule has 0 aliphatic heterocycles. The zero-order chi connectivity index (χ0) is 18.6. The molecule has 8 heteroatoms. The van der Waals surface area contributed by atoms with Gasteiger partial charge in [0.1, 0.15) is 17.4 Å². The predicted octanol–water partition coefficient (Wildman–Crippen LogP) is 4.68. The number of thiazole rings is 1. The van der Waals surface area contributed by atoms with Crippen molar-refractivity contribution in [2.24, 2.45) is 0 Å². The Kier molecular flexibility index (Phi) is 6.64. The highest BCUT2D eigenvalue weighted by Crippen LogP contribution is 2.35. The number of halogens is 1. The molecule has 1 heterocycles. The van der Waals surface area contributed by atoms with E-state index in [-0.39, 0.29) is 12.4 Å². The number of ether oxygens (including phenoxy) is 1. The van der Waals surface area contributed by atoms with Crippen LogP contribution in [0.15, 0.2) is 12.1 Å². The van der Waals surface area contributed by atoms with E-state index in [9.17, 15) is 4.79 Å². The van der Waals surface area contributed by atoms with E-state index in [1.165, 1.54) is 14.0 Å². The number of methoxy groups -OCH3 is 1. The molecule has 0 radical (unpaired) electrons. The van der Waals surface area contributed by atoms with Crippen LogP contribution >= 0.6 is 22.9 Å². The fraction of sp³-hybridized carbons (Fsp3) is 0.412. The molecule has 0 fully saturated rings. The smallest absolute Gasteiger partial charge is 0.183 e. The summed E-state index contributed by atoms with van der Waals surface area (Å²) in [5, 5.41) is 4.43. The number of carbonyl (C=O) groups is 1. The first-order valence-electron chi connectivity index (χ1n) is 7.81. The number of nitrogens with zero attached hydrogens (tertiary/aromatic N) is 1. The lowest BCUT2D eigenvalue weighted by atomic mass is 10.1. The second-order valence-corrected chi connectivity index (χ2v) is 7.35. The molecule has 0 saturated heterocycles. The summed E-state index contributed by atoms with van der Waals surface area (Å²) in [6, 6.07) is 3.61. The molecule has 0 unspecified atom stereocenters. The van der Waals surface area contributed by atoms with Gasteiger partial charge in [-0.3, -0.25) is 15.1 Å². The number of Topliss-reactive ketones (excluding diaryl/α,β-unsaturated/α-hetero) is 1. The Bertz CT molecular complexity index is 762. The third kappa shape index (κ3) is 4.84. The van der Waals surface area contributed by atoms with E-state index in [1.807, 2.05) is 6.92 Å². The molecule has 0 atom stereocenters. The summed E-state index contributed by atoms with van der Waals surface area (Å²) in [6.07, 6.45) is 0. The van der Waals surface area contributed by atoms with Gasteiger partial charge in [-0.1, -0.05) is 11.6 Å². The van der Waals surface area contributed by atoms with Gasteiger partial charge in [-0.25, -0.2) is 4.98 Å². The third-order valence-electron chi connectivity index (χ3n) is 3.39. The third-order valence-corrected chi connectivity index (χ3v) is 4.71. The number of benzene rings is 1. The van der Waals surface area contributed by atoms with E-state index < -0.39 is 0 Å². The molecule has 0 amide bonds. The maximum absolute atomic E-state index is 11.8. The number of nitrogens with one attached hydrogen (secondary N) is 2. The van der Waals surface area contributed by atoms with Gasteiger partial charge in [-0.05, 0) is 39.8 Å². The normalized spacial score (nSPS) is 10.8. The maximum Gasteiger partial charge on any atom is 0.183 e. The molecule has 0 saturated carbocycles. The Hall–Kier alpha value is -1.83. The van der Waals surface area contributed by atoms with E-state index in [0.717, 1.165) is 15.7 Å². The monoisotopic (exact) mass is 383 g/mol. The van der Waals surface area contributed by atoms with E-state index in [0.29, 0.717) is 28.1 Å². The Morgan fingerprint density at radius 3 is 2.72 bits per heavy atom. The van der Waals surface area contributed by atoms with Gasteiger partial charge in [-0.15, -0.1) is 11.3 Å². The highest BCUT2D eigenvalue weighted by molar-refractivity contribution is 7.15. The van der Waals surface area contributed by atoms with Crippen molar-refractivity contribution in [3.63, 3.8) is 0 Å². The van der Waals surface area contributed by atoms with Crippen molar-refractivity contribution in [2.75, 3.05) is 17.9 Å². The van der Waals surface area contributed by atoms with Crippen LogP contribution in [0.3, 0.4) is 0 Å². The van der Waals surface area contributed by atoms with Gasteiger partial charge in [0.2, 0.25) is 0 Å². The lowest BCUT2D eigenvalue weighted by molar-refractivity contribution is 0.101. The second kappa shape index (κ2) is 8.51. The lowest BCUT2D eigenvalue weighted by Crippen LogP contribution is -2.10. The molecule has 2 rings (SSSR count). The Morgan fingerprint density at radius 2 is 2.12 bits per heavy atom. The molecule has 1 aromatic carbocycles. The fourth-order valence-electron chi connectivity index (χ4n) is 2.16. The zero-order valence-electron chi connectivity index (χ0n) is 14.9. The van der Waals surface area contributed by atoms with E-state index in [1.54, 1.807) is 23.5 Å². The first kappa shape index (κ1) is 19.5. The average Bonchev–Trinajstić information content (AvgIpc) is 2.87. The van der Waals surface area contributed by atoms with Crippen LogP contribution in [0.25, 0.3) is 0 Å². The number of rotatable bonds is 8. The quantitative estimate of drug-likeness (QED) is 0.509. The summed E-state index contributed by atoms with van der Waals surface area (Å²) in [7, 11) is 1.52. The number of carbonyl (C=O) groups excluding carboxylic acids is 1. The summed E-state index contributed by atoms with van der Waals surface area (Å²) in [6.45, 7) is 7.82. The van der Waals surface area contributed by atoms with E-state index >= 15 is 0 Å². The van der Waals surface area contributed by atoms with Crippen LogP contribution in [0.2, 0.25) is 5.02 Å². The maximum atomic E-state index is 11.8. The molecule has 2 aromatic rings. The van der Waals surface area contributed by atoms with Crippen molar-refractivity contribution in [1.82, 2.24) is 4.98 Å². The minimum absolute atomic E-state index is 0.121. The summed E-state index contributed by atoms with van der Waals surface area (Å²) < 4.78 is 5.19. The zero-order valence-corrected chi connectivity index (χ0v) is 16.5. The SMILES string of the molecule is COc1ccc(C(C)=O)c(NOCc2nc(NC(C)C)sc2C)c1Cl. The van der Waals surface area contributed by atoms with Crippen molar-refractivity contribution in [3.8, 4) is 5.75 Å². The molecule has 0 aliphatic carbocycles. The minimum Gasteiger partial charge on any atom is -0.495 e. The number of hydrogen-bond donors (Lipinski definition) is 2. The highest BCUT2D eigenvalue weighted by atomic mass is 35.5. The summed E-state index contributed by atoms with van der Waals surface area (Å²) in [5.41, 5.74) is 4.42. The van der Waals surface area contributed by atoms with E-state index in [2.05, 4.69) is 29.6 Å². The molecule has 1 aromatic heterocycles. The number of ketones is 1. The lowest BCUT2D eigenvalue weighted by Gasteiger charge is -2.14. The standard InChI is InChI=1S/C17H22ClN3O3S/c1-9(2)19-17-20-13(11(4)25-17)8-24-21-16-12(10(3)22)6-7-14(23-5)15(16)18/h6-7,9,21H,8H2,1-5H3,(H,19,20). The van der Waals surface area contributed by atoms with Crippen LogP contribution in [0.1, 0.15) is 41.7 Å². The second-order valence-electron chi connectivity index (χ2n) is 5.77.